The van der Waals surface area contributed by atoms with Crippen molar-refractivity contribution in [2.75, 3.05) is 44.4 Å². The number of aromatic nitrogens is 2. The number of aryl methyl sites for hydroxylation is 1. The zero-order valence-corrected chi connectivity index (χ0v) is 20.7. The molecule has 2 fully saturated rings. The van der Waals surface area contributed by atoms with Gasteiger partial charge in [-0.2, -0.15) is 4.98 Å². The van der Waals surface area contributed by atoms with Gasteiger partial charge in [-0.05, 0) is 43.2 Å². The summed E-state index contributed by atoms with van der Waals surface area (Å²) in [6, 6.07) is 14.6. The van der Waals surface area contributed by atoms with Gasteiger partial charge in [-0.1, -0.05) is 23.4 Å². The van der Waals surface area contributed by atoms with Crippen LogP contribution in [0.1, 0.15) is 24.8 Å². The van der Waals surface area contributed by atoms with Crippen LogP contribution in [0.2, 0.25) is 0 Å². The molecule has 0 N–H and O–H groups in total. The maximum absolute atomic E-state index is 13.4. The molecular formula is C27H31N5O4. The molecule has 6 rings (SSSR count). The van der Waals surface area contributed by atoms with Gasteiger partial charge in [0, 0.05) is 63.5 Å². The lowest BCUT2D eigenvalue weighted by molar-refractivity contribution is -0.136. The molecule has 3 aliphatic heterocycles. The van der Waals surface area contributed by atoms with Gasteiger partial charge in [0.25, 0.3) is 0 Å². The standard InChI is InChI=1S/C27H31N5O4/c1-18-12-22(16-32(18)23-5-3-4-21(14-23)26-28-19(2)36-29-26)27(33)31-10-8-30(9-11-31)15-20-6-7-24-25(13-20)35-17-34-24/h3-7,13-14,18,22H,8-12,15-17H2,1-2H3. The number of carbonyl (C=O) groups excluding carboxylic acids is 1. The Hall–Kier alpha value is -3.59. The van der Waals surface area contributed by atoms with Crippen LogP contribution in [0.3, 0.4) is 0 Å². The minimum absolute atomic E-state index is 0.0106. The zero-order valence-electron chi connectivity index (χ0n) is 20.7. The molecule has 4 heterocycles. The molecule has 9 nitrogen and oxygen atoms in total. The van der Waals surface area contributed by atoms with E-state index in [2.05, 4.69) is 56.0 Å². The molecule has 36 heavy (non-hydrogen) atoms. The lowest BCUT2D eigenvalue weighted by Crippen LogP contribution is -2.50. The quantitative estimate of drug-likeness (QED) is 0.540. The van der Waals surface area contributed by atoms with E-state index in [0.717, 1.165) is 68.4 Å². The van der Waals surface area contributed by atoms with Gasteiger partial charge in [0.1, 0.15) is 0 Å². The van der Waals surface area contributed by atoms with Gasteiger partial charge < -0.3 is 23.8 Å². The van der Waals surface area contributed by atoms with Crippen molar-refractivity contribution in [3.05, 3.63) is 53.9 Å². The molecule has 2 atom stereocenters. The first kappa shape index (κ1) is 22.8. The lowest BCUT2D eigenvalue weighted by Gasteiger charge is -2.36. The van der Waals surface area contributed by atoms with Crippen LogP contribution in [0.4, 0.5) is 5.69 Å². The highest BCUT2D eigenvalue weighted by molar-refractivity contribution is 5.81. The Labute approximate surface area is 210 Å². The van der Waals surface area contributed by atoms with Crippen LogP contribution >= 0.6 is 0 Å². The van der Waals surface area contributed by atoms with Crippen molar-refractivity contribution in [2.24, 2.45) is 5.92 Å². The topological polar surface area (TPSA) is 84.2 Å². The molecule has 2 saturated heterocycles. The Morgan fingerprint density at radius 2 is 1.89 bits per heavy atom. The van der Waals surface area contributed by atoms with Gasteiger partial charge >= 0.3 is 0 Å². The number of ether oxygens (including phenoxy) is 2. The summed E-state index contributed by atoms with van der Waals surface area (Å²) in [6.07, 6.45) is 0.863. The summed E-state index contributed by atoms with van der Waals surface area (Å²) >= 11 is 0. The molecule has 0 bridgehead atoms. The molecule has 1 aromatic heterocycles. The zero-order chi connectivity index (χ0) is 24.6. The van der Waals surface area contributed by atoms with E-state index in [9.17, 15) is 4.79 Å². The Kier molecular flexibility index (Phi) is 6.00. The van der Waals surface area contributed by atoms with Gasteiger partial charge in [-0.25, -0.2) is 0 Å². The molecule has 9 heteroatoms. The molecule has 0 radical (unpaired) electrons. The van der Waals surface area contributed by atoms with Crippen molar-refractivity contribution in [2.45, 2.75) is 32.9 Å². The molecule has 3 aliphatic rings. The number of carbonyl (C=O) groups is 1. The largest absolute Gasteiger partial charge is 0.454 e. The van der Waals surface area contributed by atoms with E-state index in [-0.39, 0.29) is 17.9 Å². The highest BCUT2D eigenvalue weighted by Crippen LogP contribution is 2.34. The average molecular weight is 490 g/mol. The van der Waals surface area contributed by atoms with Crippen LogP contribution in [0.25, 0.3) is 11.4 Å². The molecule has 0 spiro atoms. The summed E-state index contributed by atoms with van der Waals surface area (Å²) in [5.41, 5.74) is 3.22. The van der Waals surface area contributed by atoms with Crippen LogP contribution in [0.5, 0.6) is 11.5 Å². The van der Waals surface area contributed by atoms with Crippen LogP contribution < -0.4 is 14.4 Å². The Balaban J connectivity index is 1.05. The molecule has 0 aliphatic carbocycles. The number of nitrogens with zero attached hydrogens (tertiary/aromatic N) is 5. The van der Waals surface area contributed by atoms with Gasteiger partial charge in [-0.15, -0.1) is 0 Å². The van der Waals surface area contributed by atoms with E-state index in [4.69, 9.17) is 14.0 Å². The van der Waals surface area contributed by atoms with Gasteiger partial charge in [0.05, 0.1) is 5.92 Å². The second kappa shape index (κ2) is 9.46. The third-order valence-corrected chi connectivity index (χ3v) is 7.41. The maximum atomic E-state index is 13.4. The second-order valence-corrected chi connectivity index (χ2v) is 9.91. The fourth-order valence-corrected chi connectivity index (χ4v) is 5.49. The molecule has 0 saturated carbocycles. The van der Waals surface area contributed by atoms with E-state index in [0.29, 0.717) is 18.5 Å². The first-order valence-electron chi connectivity index (χ1n) is 12.6. The Morgan fingerprint density at radius 1 is 1.06 bits per heavy atom. The van der Waals surface area contributed by atoms with Crippen molar-refractivity contribution in [3.8, 4) is 22.9 Å². The molecular weight excluding hydrogens is 458 g/mol. The first-order chi connectivity index (χ1) is 17.5. The monoisotopic (exact) mass is 489 g/mol. The summed E-state index contributed by atoms with van der Waals surface area (Å²) in [5.74, 6) is 3.05. The molecule has 1 amide bonds. The van der Waals surface area contributed by atoms with Crippen LogP contribution in [-0.4, -0.2) is 71.4 Å². The van der Waals surface area contributed by atoms with Crippen LogP contribution in [0, 0.1) is 12.8 Å². The van der Waals surface area contributed by atoms with Gasteiger partial charge in [0.2, 0.25) is 24.4 Å². The minimum atomic E-state index is 0.0106. The van der Waals surface area contributed by atoms with Gasteiger partial charge in [0.15, 0.2) is 11.5 Å². The third kappa shape index (κ3) is 4.51. The van der Waals surface area contributed by atoms with E-state index in [1.807, 2.05) is 18.2 Å². The fraction of sp³-hybridized carbons (Fsp3) is 0.444. The normalized spacial score (nSPS) is 21.8. The van der Waals surface area contributed by atoms with Gasteiger partial charge in [-0.3, -0.25) is 9.69 Å². The van der Waals surface area contributed by atoms with E-state index >= 15 is 0 Å². The number of hydrogen-bond donors (Lipinski definition) is 0. The van der Waals surface area contributed by atoms with Crippen molar-refractivity contribution >= 4 is 11.6 Å². The molecule has 188 valence electrons. The number of hydrogen-bond acceptors (Lipinski definition) is 8. The summed E-state index contributed by atoms with van der Waals surface area (Å²) in [6.45, 7) is 9.13. The second-order valence-electron chi connectivity index (χ2n) is 9.91. The lowest BCUT2D eigenvalue weighted by atomic mass is 10.0. The molecule has 2 aromatic carbocycles. The minimum Gasteiger partial charge on any atom is -0.454 e. The SMILES string of the molecule is Cc1nc(-c2cccc(N3CC(C(=O)N4CCN(Cc5ccc6c(c5)OCO6)CC4)CC3C)c2)no1. The highest BCUT2D eigenvalue weighted by atomic mass is 16.7. The van der Waals surface area contributed by atoms with Crippen molar-refractivity contribution < 1.29 is 18.8 Å². The van der Waals surface area contributed by atoms with Crippen molar-refractivity contribution in [1.82, 2.24) is 19.9 Å². The van der Waals surface area contributed by atoms with E-state index in [1.165, 1.54) is 5.56 Å². The van der Waals surface area contributed by atoms with E-state index < -0.39 is 0 Å². The number of anilines is 1. The number of rotatable bonds is 5. The summed E-state index contributed by atoms with van der Waals surface area (Å²) in [7, 11) is 0. The molecule has 3 aromatic rings. The predicted molar refractivity (Wildman–Crippen MR) is 134 cm³/mol. The summed E-state index contributed by atoms with van der Waals surface area (Å²) in [5, 5.41) is 4.04. The Morgan fingerprint density at radius 3 is 2.69 bits per heavy atom. The number of piperazine rings is 1. The number of benzene rings is 2. The predicted octanol–water partition coefficient (Wildman–Crippen LogP) is 3.33. The van der Waals surface area contributed by atoms with Crippen LogP contribution in [-0.2, 0) is 11.3 Å². The third-order valence-electron chi connectivity index (χ3n) is 7.41. The number of fused-ring (bicyclic) bond motifs is 1. The van der Waals surface area contributed by atoms with Crippen molar-refractivity contribution in [1.29, 1.82) is 0 Å². The summed E-state index contributed by atoms with van der Waals surface area (Å²) < 4.78 is 16.1. The highest BCUT2D eigenvalue weighted by Gasteiger charge is 2.37. The molecule has 2 unspecified atom stereocenters. The first-order valence-corrected chi connectivity index (χ1v) is 12.6. The summed E-state index contributed by atoms with van der Waals surface area (Å²) in [4.78, 5) is 24.5. The smallest absolute Gasteiger partial charge is 0.231 e. The number of amides is 1. The Bertz CT molecular complexity index is 1250. The fourth-order valence-electron chi connectivity index (χ4n) is 5.49. The van der Waals surface area contributed by atoms with Crippen molar-refractivity contribution in [3.63, 3.8) is 0 Å². The van der Waals surface area contributed by atoms with Crippen LogP contribution in [0.15, 0.2) is 47.0 Å². The maximum Gasteiger partial charge on any atom is 0.231 e. The average Bonchev–Trinajstić information content (AvgIpc) is 3.64. The van der Waals surface area contributed by atoms with E-state index in [1.54, 1.807) is 6.92 Å².